The first kappa shape index (κ1) is 13.9. The lowest BCUT2D eigenvalue weighted by Crippen LogP contribution is -2.14. The van der Waals surface area contributed by atoms with Crippen molar-refractivity contribution >= 4 is 34.5 Å². The molecule has 98 valence electrons. The highest BCUT2D eigenvalue weighted by Gasteiger charge is 2.12. The number of thiophene rings is 1. The minimum atomic E-state index is 0.706. The zero-order valence-corrected chi connectivity index (χ0v) is 12.7. The van der Waals surface area contributed by atoms with Crippen molar-refractivity contribution in [3.05, 3.63) is 37.8 Å². The van der Waals surface area contributed by atoms with Crippen molar-refractivity contribution < 1.29 is 0 Å². The SMILES string of the molecule is CCc1nn(C)c(CNCc2ccc(Cl)s2)c1Cl. The van der Waals surface area contributed by atoms with E-state index in [1.165, 1.54) is 4.88 Å². The minimum absolute atomic E-state index is 0.706. The molecule has 0 spiro atoms. The Morgan fingerprint density at radius 1 is 1.33 bits per heavy atom. The molecule has 0 aliphatic rings. The van der Waals surface area contributed by atoms with E-state index in [4.69, 9.17) is 23.2 Å². The third-order valence-corrected chi connectivity index (χ3v) is 4.39. The van der Waals surface area contributed by atoms with E-state index in [-0.39, 0.29) is 0 Å². The van der Waals surface area contributed by atoms with Crippen LogP contribution in [0, 0.1) is 0 Å². The van der Waals surface area contributed by atoms with E-state index < -0.39 is 0 Å². The number of halogens is 2. The molecule has 0 bridgehead atoms. The molecule has 2 heterocycles. The Morgan fingerprint density at radius 2 is 2.11 bits per heavy atom. The van der Waals surface area contributed by atoms with Gasteiger partial charge in [0.1, 0.15) is 0 Å². The van der Waals surface area contributed by atoms with Gasteiger partial charge in [0.25, 0.3) is 0 Å². The lowest BCUT2D eigenvalue weighted by molar-refractivity contribution is 0.627. The van der Waals surface area contributed by atoms with E-state index in [1.807, 2.05) is 23.9 Å². The highest BCUT2D eigenvalue weighted by molar-refractivity contribution is 7.16. The summed E-state index contributed by atoms with van der Waals surface area (Å²) in [5.41, 5.74) is 1.98. The van der Waals surface area contributed by atoms with E-state index in [0.717, 1.165) is 33.7 Å². The molecule has 0 amide bonds. The topological polar surface area (TPSA) is 29.9 Å². The van der Waals surface area contributed by atoms with Crippen LogP contribution in [-0.4, -0.2) is 9.78 Å². The smallest absolute Gasteiger partial charge is 0.0931 e. The van der Waals surface area contributed by atoms with Gasteiger partial charge in [-0.05, 0) is 18.6 Å². The Hall–Kier alpha value is -0.550. The van der Waals surface area contributed by atoms with Crippen LogP contribution < -0.4 is 5.32 Å². The summed E-state index contributed by atoms with van der Waals surface area (Å²) >= 11 is 13.7. The maximum absolute atomic E-state index is 6.27. The van der Waals surface area contributed by atoms with Gasteiger partial charge >= 0.3 is 0 Å². The molecular formula is C12H15Cl2N3S. The summed E-state index contributed by atoms with van der Waals surface area (Å²) in [4.78, 5) is 1.22. The largest absolute Gasteiger partial charge is 0.306 e. The van der Waals surface area contributed by atoms with E-state index in [2.05, 4.69) is 17.3 Å². The summed E-state index contributed by atoms with van der Waals surface area (Å²) in [6, 6.07) is 3.94. The molecule has 6 heteroatoms. The number of rotatable bonds is 5. The number of aryl methyl sites for hydroxylation is 2. The molecule has 2 rings (SSSR count). The number of nitrogens with zero attached hydrogens (tertiary/aromatic N) is 2. The quantitative estimate of drug-likeness (QED) is 0.914. The molecule has 3 nitrogen and oxygen atoms in total. The molecule has 0 unspecified atom stereocenters. The van der Waals surface area contributed by atoms with Gasteiger partial charge in [0.2, 0.25) is 0 Å². The van der Waals surface area contributed by atoms with Crippen LogP contribution in [0.1, 0.15) is 23.2 Å². The first-order chi connectivity index (χ1) is 8.61. The first-order valence-electron chi connectivity index (χ1n) is 5.77. The Bertz CT molecular complexity index is 533. The van der Waals surface area contributed by atoms with E-state index in [1.54, 1.807) is 11.3 Å². The van der Waals surface area contributed by atoms with Gasteiger partial charge in [0, 0.05) is 25.0 Å². The molecule has 0 aromatic carbocycles. The molecule has 18 heavy (non-hydrogen) atoms. The van der Waals surface area contributed by atoms with Gasteiger partial charge in [-0.2, -0.15) is 5.10 Å². The van der Waals surface area contributed by atoms with Crippen LogP contribution in [0.25, 0.3) is 0 Å². The monoisotopic (exact) mass is 303 g/mol. The molecule has 0 saturated carbocycles. The Balaban J connectivity index is 1.96. The third-order valence-electron chi connectivity index (χ3n) is 2.72. The van der Waals surface area contributed by atoms with Gasteiger partial charge in [-0.3, -0.25) is 4.68 Å². The molecule has 0 radical (unpaired) electrons. The third kappa shape index (κ3) is 3.06. The van der Waals surface area contributed by atoms with E-state index in [9.17, 15) is 0 Å². The second kappa shape index (κ2) is 6.06. The number of aromatic nitrogens is 2. The average Bonchev–Trinajstić information content (AvgIpc) is 2.86. The summed E-state index contributed by atoms with van der Waals surface area (Å²) in [5, 5.41) is 8.52. The highest BCUT2D eigenvalue weighted by atomic mass is 35.5. The highest BCUT2D eigenvalue weighted by Crippen LogP contribution is 2.22. The summed E-state index contributed by atoms with van der Waals surface area (Å²) in [5.74, 6) is 0. The lowest BCUT2D eigenvalue weighted by atomic mass is 10.3. The van der Waals surface area contributed by atoms with Crippen molar-refractivity contribution in [2.24, 2.45) is 7.05 Å². The molecule has 2 aromatic rings. The Kier molecular flexibility index (Phi) is 4.67. The fourth-order valence-electron chi connectivity index (χ4n) is 1.76. The predicted molar refractivity (Wildman–Crippen MR) is 77.5 cm³/mol. The van der Waals surface area contributed by atoms with E-state index in [0.29, 0.717) is 6.54 Å². The van der Waals surface area contributed by atoms with Crippen molar-refractivity contribution in [1.29, 1.82) is 0 Å². The fraction of sp³-hybridized carbons (Fsp3) is 0.417. The molecular weight excluding hydrogens is 289 g/mol. The van der Waals surface area contributed by atoms with Crippen molar-refractivity contribution in [1.82, 2.24) is 15.1 Å². The van der Waals surface area contributed by atoms with Crippen molar-refractivity contribution in [2.75, 3.05) is 0 Å². The van der Waals surface area contributed by atoms with Crippen LogP contribution in [0.3, 0.4) is 0 Å². The summed E-state index contributed by atoms with van der Waals surface area (Å²) in [6.45, 7) is 3.55. The summed E-state index contributed by atoms with van der Waals surface area (Å²) in [6.07, 6.45) is 0.854. The van der Waals surface area contributed by atoms with Gasteiger partial charge in [0.05, 0.1) is 20.7 Å². The predicted octanol–water partition coefficient (Wildman–Crippen LogP) is 3.64. The van der Waals surface area contributed by atoms with Gasteiger partial charge in [-0.25, -0.2) is 0 Å². The van der Waals surface area contributed by atoms with Crippen LogP contribution in [0.2, 0.25) is 9.36 Å². The van der Waals surface area contributed by atoms with Crippen LogP contribution in [0.15, 0.2) is 12.1 Å². The zero-order chi connectivity index (χ0) is 13.1. The number of hydrogen-bond acceptors (Lipinski definition) is 3. The molecule has 0 aliphatic heterocycles. The summed E-state index contributed by atoms with van der Waals surface area (Å²) < 4.78 is 2.66. The second-order valence-corrected chi connectivity index (χ2v) is 6.17. The van der Waals surface area contributed by atoms with Gasteiger partial charge < -0.3 is 5.32 Å². The average molecular weight is 304 g/mol. The van der Waals surface area contributed by atoms with Crippen molar-refractivity contribution in [3.8, 4) is 0 Å². The maximum atomic E-state index is 6.27. The Labute approximate surface area is 121 Å². The standard InChI is InChI=1S/C12H15Cl2N3S/c1-3-9-12(14)10(17(2)16-9)7-15-6-8-4-5-11(13)18-8/h4-5,15H,3,6-7H2,1-2H3. The molecule has 0 saturated heterocycles. The van der Waals surface area contributed by atoms with Gasteiger partial charge in [-0.1, -0.05) is 30.1 Å². The van der Waals surface area contributed by atoms with Gasteiger partial charge in [-0.15, -0.1) is 11.3 Å². The van der Waals surface area contributed by atoms with Crippen LogP contribution in [-0.2, 0) is 26.6 Å². The fourth-order valence-corrected chi connectivity index (χ4v) is 3.18. The first-order valence-corrected chi connectivity index (χ1v) is 7.34. The zero-order valence-electron chi connectivity index (χ0n) is 10.3. The van der Waals surface area contributed by atoms with Crippen LogP contribution in [0.4, 0.5) is 0 Å². The van der Waals surface area contributed by atoms with Crippen molar-refractivity contribution in [3.63, 3.8) is 0 Å². The van der Waals surface area contributed by atoms with Gasteiger partial charge in [0.15, 0.2) is 0 Å². The summed E-state index contributed by atoms with van der Waals surface area (Å²) in [7, 11) is 1.92. The molecule has 2 aromatic heterocycles. The lowest BCUT2D eigenvalue weighted by Gasteiger charge is -2.04. The van der Waals surface area contributed by atoms with Crippen molar-refractivity contribution in [2.45, 2.75) is 26.4 Å². The minimum Gasteiger partial charge on any atom is -0.306 e. The normalized spacial score (nSPS) is 11.1. The van der Waals surface area contributed by atoms with Crippen LogP contribution >= 0.6 is 34.5 Å². The van der Waals surface area contributed by atoms with E-state index >= 15 is 0 Å². The molecule has 1 N–H and O–H groups in total. The maximum Gasteiger partial charge on any atom is 0.0931 e. The second-order valence-electron chi connectivity index (χ2n) is 3.99. The Morgan fingerprint density at radius 3 is 2.67 bits per heavy atom. The number of hydrogen-bond donors (Lipinski definition) is 1. The molecule has 0 aliphatic carbocycles. The molecule has 0 fully saturated rings. The number of nitrogens with one attached hydrogen (secondary N) is 1. The molecule has 0 atom stereocenters. The van der Waals surface area contributed by atoms with Crippen LogP contribution in [0.5, 0.6) is 0 Å².